The predicted octanol–water partition coefficient (Wildman–Crippen LogP) is 2.31. The molecular formula is C20H23N3O3. The summed E-state index contributed by atoms with van der Waals surface area (Å²) in [5.74, 6) is 0.447. The third kappa shape index (κ3) is 3.76. The normalized spacial score (nSPS) is 25.1. The first-order valence-electron chi connectivity index (χ1n) is 9.11. The number of carbonyl (C=O) groups excluding carboxylic acids is 1. The molecule has 0 radical (unpaired) electrons. The second-order valence-electron chi connectivity index (χ2n) is 6.89. The van der Waals surface area contributed by atoms with Crippen molar-refractivity contribution in [2.75, 3.05) is 19.8 Å². The van der Waals surface area contributed by atoms with Crippen molar-refractivity contribution < 1.29 is 14.3 Å². The van der Waals surface area contributed by atoms with E-state index in [9.17, 15) is 4.79 Å². The van der Waals surface area contributed by atoms with Crippen molar-refractivity contribution in [3.05, 3.63) is 60.2 Å². The molecule has 0 spiro atoms. The molecule has 3 heterocycles. The molecule has 1 aliphatic heterocycles. The maximum atomic E-state index is 12.8. The largest absolute Gasteiger partial charge is 0.375 e. The Bertz CT molecular complexity index is 726. The van der Waals surface area contributed by atoms with Gasteiger partial charge in [0.25, 0.3) is 5.91 Å². The molecule has 1 aliphatic carbocycles. The number of nitrogens with zero attached hydrogens (tertiary/aromatic N) is 3. The minimum absolute atomic E-state index is 0.0476. The molecule has 0 bridgehead atoms. The van der Waals surface area contributed by atoms with Crippen molar-refractivity contribution in [1.82, 2.24) is 14.9 Å². The van der Waals surface area contributed by atoms with Crippen molar-refractivity contribution in [3.63, 3.8) is 0 Å². The molecule has 0 N–H and O–H groups in total. The first-order valence-corrected chi connectivity index (χ1v) is 9.11. The second-order valence-corrected chi connectivity index (χ2v) is 6.89. The standard InChI is InChI=1S/C20H23N3O3/c24-20(16-4-3-6-21-12-16)23-8-9-26-19-11-15(10-18(19)23)13-25-14-17-5-1-2-7-22-17/h1-7,12,15,18-19H,8-11,13-14H2/t15?,18-,19-/m1/s1. The van der Waals surface area contributed by atoms with Crippen LogP contribution in [0, 0.1) is 5.92 Å². The molecule has 1 saturated carbocycles. The van der Waals surface area contributed by atoms with Crippen LogP contribution in [0.4, 0.5) is 0 Å². The first kappa shape index (κ1) is 17.1. The Morgan fingerprint density at radius 1 is 1.23 bits per heavy atom. The van der Waals surface area contributed by atoms with E-state index in [1.54, 1.807) is 24.7 Å². The number of carbonyl (C=O) groups is 1. The summed E-state index contributed by atoms with van der Waals surface area (Å²) in [6.07, 6.45) is 7.05. The van der Waals surface area contributed by atoms with Crippen LogP contribution in [0.2, 0.25) is 0 Å². The van der Waals surface area contributed by atoms with Crippen LogP contribution in [0.3, 0.4) is 0 Å². The van der Waals surface area contributed by atoms with Crippen LogP contribution in [0.1, 0.15) is 28.9 Å². The van der Waals surface area contributed by atoms with Crippen LogP contribution >= 0.6 is 0 Å². The van der Waals surface area contributed by atoms with Crippen LogP contribution in [-0.4, -0.2) is 52.7 Å². The number of hydrogen-bond donors (Lipinski definition) is 0. The number of ether oxygens (including phenoxy) is 2. The van der Waals surface area contributed by atoms with Crippen LogP contribution in [-0.2, 0) is 16.1 Å². The number of fused-ring (bicyclic) bond motifs is 1. The molecule has 1 saturated heterocycles. The number of morpholine rings is 1. The summed E-state index contributed by atoms with van der Waals surface area (Å²) in [4.78, 5) is 23.1. The minimum Gasteiger partial charge on any atom is -0.375 e. The molecule has 26 heavy (non-hydrogen) atoms. The molecule has 2 aromatic rings. The zero-order valence-corrected chi connectivity index (χ0v) is 14.7. The summed E-state index contributed by atoms with van der Waals surface area (Å²) >= 11 is 0. The quantitative estimate of drug-likeness (QED) is 0.825. The van der Waals surface area contributed by atoms with E-state index in [4.69, 9.17) is 9.47 Å². The lowest BCUT2D eigenvalue weighted by Crippen LogP contribution is -2.51. The van der Waals surface area contributed by atoms with Gasteiger partial charge in [0.05, 0.1) is 43.2 Å². The smallest absolute Gasteiger partial charge is 0.255 e. The van der Waals surface area contributed by atoms with Crippen molar-refractivity contribution in [1.29, 1.82) is 0 Å². The molecule has 2 aliphatic rings. The van der Waals surface area contributed by atoms with Crippen molar-refractivity contribution in [2.24, 2.45) is 5.92 Å². The summed E-state index contributed by atoms with van der Waals surface area (Å²) in [6, 6.07) is 9.57. The van der Waals surface area contributed by atoms with Crippen LogP contribution in [0.15, 0.2) is 48.9 Å². The van der Waals surface area contributed by atoms with Gasteiger partial charge in [-0.2, -0.15) is 0 Å². The minimum atomic E-state index is 0.0476. The van der Waals surface area contributed by atoms with E-state index in [0.717, 1.165) is 18.5 Å². The van der Waals surface area contributed by atoms with Crippen LogP contribution < -0.4 is 0 Å². The van der Waals surface area contributed by atoms with E-state index in [1.807, 2.05) is 29.2 Å². The molecule has 136 valence electrons. The highest BCUT2D eigenvalue weighted by molar-refractivity contribution is 5.94. The van der Waals surface area contributed by atoms with Gasteiger partial charge in [-0.1, -0.05) is 6.07 Å². The van der Waals surface area contributed by atoms with Crippen LogP contribution in [0.25, 0.3) is 0 Å². The molecule has 2 fully saturated rings. The monoisotopic (exact) mass is 353 g/mol. The number of hydrogen-bond acceptors (Lipinski definition) is 5. The SMILES string of the molecule is O=C(c1cccnc1)N1CCO[C@@H]2CC(COCc3ccccn3)C[C@H]21. The van der Waals surface area contributed by atoms with Gasteiger partial charge < -0.3 is 14.4 Å². The Morgan fingerprint density at radius 3 is 3.00 bits per heavy atom. The van der Waals surface area contributed by atoms with Gasteiger partial charge in [-0.3, -0.25) is 14.8 Å². The third-order valence-electron chi connectivity index (χ3n) is 5.13. The summed E-state index contributed by atoms with van der Waals surface area (Å²) in [6.45, 7) is 2.42. The maximum Gasteiger partial charge on any atom is 0.255 e. The fourth-order valence-electron chi connectivity index (χ4n) is 3.91. The Balaban J connectivity index is 1.35. The zero-order chi connectivity index (χ0) is 17.8. The number of pyridine rings is 2. The lowest BCUT2D eigenvalue weighted by atomic mass is 10.1. The lowest BCUT2D eigenvalue weighted by molar-refractivity contribution is -0.0450. The highest BCUT2D eigenvalue weighted by atomic mass is 16.5. The van der Waals surface area contributed by atoms with E-state index in [0.29, 0.717) is 37.8 Å². The van der Waals surface area contributed by atoms with Gasteiger partial charge in [0.15, 0.2) is 0 Å². The molecule has 0 aromatic carbocycles. The van der Waals surface area contributed by atoms with Gasteiger partial charge >= 0.3 is 0 Å². The van der Waals surface area contributed by atoms with Crippen molar-refractivity contribution >= 4 is 5.91 Å². The molecule has 1 amide bonds. The highest BCUT2D eigenvalue weighted by Gasteiger charge is 2.43. The Kier molecular flexibility index (Phi) is 5.22. The van der Waals surface area contributed by atoms with Crippen molar-refractivity contribution in [3.8, 4) is 0 Å². The number of aromatic nitrogens is 2. The van der Waals surface area contributed by atoms with E-state index >= 15 is 0 Å². The zero-order valence-electron chi connectivity index (χ0n) is 14.7. The molecule has 6 heteroatoms. The molecule has 3 atom stereocenters. The topological polar surface area (TPSA) is 64.6 Å². The molecule has 2 aromatic heterocycles. The van der Waals surface area contributed by atoms with Gasteiger partial charge in [-0.05, 0) is 43.0 Å². The molecule has 4 rings (SSSR count). The molecule has 1 unspecified atom stereocenters. The highest BCUT2D eigenvalue weighted by Crippen LogP contribution is 2.35. The average molecular weight is 353 g/mol. The third-order valence-corrected chi connectivity index (χ3v) is 5.13. The first-order chi connectivity index (χ1) is 12.8. The fourth-order valence-corrected chi connectivity index (χ4v) is 3.91. The van der Waals surface area contributed by atoms with E-state index < -0.39 is 0 Å². The van der Waals surface area contributed by atoms with Crippen molar-refractivity contribution in [2.45, 2.75) is 31.6 Å². The average Bonchev–Trinajstić information content (AvgIpc) is 3.12. The summed E-state index contributed by atoms with van der Waals surface area (Å²) < 4.78 is 11.8. The Labute approximate surface area is 153 Å². The molecular weight excluding hydrogens is 330 g/mol. The second kappa shape index (κ2) is 7.93. The predicted molar refractivity (Wildman–Crippen MR) is 95.4 cm³/mol. The van der Waals surface area contributed by atoms with Crippen LogP contribution in [0.5, 0.6) is 0 Å². The van der Waals surface area contributed by atoms with Gasteiger partial charge in [0.2, 0.25) is 0 Å². The maximum absolute atomic E-state index is 12.8. The number of amides is 1. The summed E-state index contributed by atoms with van der Waals surface area (Å²) in [5.41, 5.74) is 1.58. The van der Waals surface area contributed by atoms with Gasteiger partial charge in [-0.15, -0.1) is 0 Å². The van der Waals surface area contributed by atoms with Gasteiger partial charge in [0.1, 0.15) is 0 Å². The van der Waals surface area contributed by atoms with Gasteiger partial charge in [-0.25, -0.2) is 0 Å². The lowest BCUT2D eigenvalue weighted by Gasteiger charge is -2.37. The van der Waals surface area contributed by atoms with E-state index in [1.165, 1.54) is 0 Å². The fraction of sp³-hybridized carbons (Fsp3) is 0.450. The van der Waals surface area contributed by atoms with E-state index in [2.05, 4.69) is 9.97 Å². The van der Waals surface area contributed by atoms with E-state index in [-0.39, 0.29) is 18.1 Å². The summed E-state index contributed by atoms with van der Waals surface area (Å²) in [7, 11) is 0. The summed E-state index contributed by atoms with van der Waals surface area (Å²) in [5, 5.41) is 0. The number of rotatable bonds is 5. The Hall–Kier alpha value is -2.31. The Morgan fingerprint density at radius 2 is 2.19 bits per heavy atom. The van der Waals surface area contributed by atoms with Gasteiger partial charge in [0, 0.05) is 25.1 Å². The molecule has 6 nitrogen and oxygen atoms in total.